The van der Waals surface area contributed by atoms with Crippen molar-refractivity contribution in [2.75, 3.05) is 0 Å². The van der Waals surface area contributed by atoms with Crippen LogP contribution in [-0.2, 0) is 15.6 Å². The van der Waals surface area contributed by atoms with E-state index in [2.05, 4.69) is 32.6 Å². The maximum atomic E-state index is 11.9. The monoisotopic (exact) mass is 348 g/mol. The lowest BCUT2D eigenvalue weighted by atomic mass is 10.2. The average molecular weight is 348 g/mol. The summed E-state index contributed by atoms with van der Waals surface area (Å²) in [6.07, 6.45) is 2.93. The Labute approximate surface area is 107 Å². The fraction of sp³-hybridized carbons (Fsp3) is 0.100. The number of hydrogen-bond donors (Lipinski definition) is 1. The number of H-pyrrole nitrogens is 1. The van der Waals surface area contributed by atoms with Crippen molar-refractivity contribution in [3.8, 4) is 0 Å². The van der Waals surface area contributed by atoms with Crippen molar-refractivity contribution in [2.24, 2.45) is 0 Å². The quantitative estimate of drug-likeness (QED) is 0.863. The molecule has 2 aromatic rings. The molecular formula is C10H9IN2O2S. The largest absolute Gasteiger partial charge is 0.336 e. The van der Waals surface area contributed by atoms with E-state index in [4.69, 9.17) is 0 Å². The molecule has 0 aliphatic carbocycles. The van der Waals surface area contributed by atoms with Gasteiger partial charge < -0.3 is 4.98 Å². The third-order valence-corrected chi connectivity index (χ3v) is 4.28. The minimum absolute atomic E-state index is 0.0195. The van der Waals surface area contributed by atoms with Crippen molar-refractivity contribution in [1.29, 1.82) is 0 Å². The van der Waals surface area contributed by atoms with Crippen molar-refractivity contribution < 1.29 is 8.42 Å². The number of aromatic nitrogens is 2. The van der Waals surface area contributed by atoms with Crippen LogP contribution in [-0.4, -0.2) is 18.4 Å². The van der Waals surface area contributed by atoms with Crippen molar-refractivity contribution in [3.05, 3.63) is 45.8 Å². The van der Waals surface area contributed by atoms with Gasteiger partial charge >= 0.3 is 0 Å². The van der Waals surface area contributed by atoms with Gasteiger partial charge in [0.1, 0.15) is 0 Å². The number of rotatable bonds is 3. The van der Waals surface area contributed by atoms with E-state index in [0.717, 1.165) is 9.13 Å². The lowest BCUT2D eigenvalue weighted by molar-refractivity contribution is 0.588. The van der Waals surface area contributed by atoms with Gasteiger partial charge in [-0.1, -0.05) is 12.1 Å². The van der Waals surface area contributed by atoms with Crippen LogP contribution in [0.1, 0.15) is 5.56 Å². The van der Waals surface area contributed by atoms with Crippen LogP contribution in [0, 0.1) is 3.57 Å². The number of nitrogens with zero attached hydrogens (tertiary/aromatic N) is 1. The molecule has 0 fully saturated rings. The first-order valence-electron chi connectivity index (χ1n) is 4.54. The summed E-state index contributed by atoms with van der Waals surface area (Å²) in [7, 11) is -3.35. The normalized spacial score (nSPS) is 11.6. The van der Waals surface area contributed by atoms with Gasteiger partial charge in [-0.15, -0.1) is 0 Å². The lowest BCUT2D eigenvalue weighted by Gasteiger charge is -2.01. The summed E-state index contributed by atoms with van der Waals surface area (Å²) in [6, 6.07) is 7.38. The van der Waals surface area contributed by atoms with Gasteiger partial charge in [0.05, 0.1) is 5.75 Å². The van der Waals surface area contributed by atoms with Crippen LogP contribution in [0.2, 0.25) is 0 Å². The van der Waals surface area contributed by atoms with E-state index in [0.29, 0.717) is 0 Å². The molecule has 1 aromatic heterocycles. The molecule has 0 bridgehead atoms. The Morgan fingerprint density at radius 1 is 1.25 bits per heavy atom. The van der Waals surface area contributed by atoms with Gasteiger partial charge in [-0.2, -0.15) is 0 Å². The number of sulfone groups is 1. The molecule has 0 atom stereocenters. The predicted octanol–water partition coefficient (Wildman–Crippen LogP) is 1.99. The first-order valence-corrected chi connectivity index (χ1v) is 7.27. The van der Waals surface area contributed by atoms with Crippen LogP contribution in [0.3, 0.4) is 0 Å². The molecule has 1 heterocycles. The predicted molar refractivity (Wildman–Crippen MR) is 68.6 cm³/mol. The van der Waals surface area contributed by atoms with Gasteiger partial charge in [0, 0.05) is 16.0 Å². The highest BCUT2D eigenvalue weighted by Crippen LogP contribution is 2.13. The Morgan fingerprint density at radius 3 is 2.50 bits per heavy atom. The van der Waals surface area contributed by atoms with Crippen LogP contribution < -0.4 is 0 Å². The lowest BCUT2D eigenvalue weighted by Crippen LogP contribution is -2.06. The molecule has 0 aliphatic heterocycles. The standard InChI is InChI=1S/C10H9IN2O2S/c11-9-3-1-8(2-4-9)7-16(14,15)10-12-5-6-13-10/h1-6H,7H2,(H,12,13). The van der Waals surface area contributed by atoms with Crippen LogP contribution in [0.15, 0.2) is 41.8 Å². The fourth-order valence-corrected chi connectivity index (χ4v) is 2.89. The number of halogens is 1. The first kappa shape index (κ1) is 11.6. The summed E-state index contributed by atoms with van der Waals surface area (Å²) >= 11 is 2.18. The van der Waals surface area contributed by atoms with E-state index < -0.39 is 9.84 Å². The second-order valence-electron chi connectivity index (χ2n) is 3.28. The smallest absolute Gasteiger partial charge is 0.225 e. The highest BCUT2D eigenvalue weighted by Gasteiger charge is 2.17. The molecular weight excluding hydrogens is 339 g/mol. The molecule has 0 saturated carbocycles. The Balaban J connectivity index is 2.25. The summed E-state index contributed by atoms with van der Waals surface area (Å²) in [4.78, 5) is 6.37. The van der Waals surface area contributed by atoms with E-state index in [1.807, 2.05) is 24.3 Å². The summed E-state index contributed by atoms with van der Waals surface area (Å²) < 4.78 is 24.8. The first-order chi connectivity index (χ1) is 7.58. The third kappa shape index (κ3) is 2.62. The molecule has 2 rings (SSSR count). The summed E-state index contributed by atoms with van der Waals surface area (Å²) in [5, 5.41) is 0.0195. The van der Waals surface area contributed by atoms with Gasteiger partial charge in [-0.3, -0.25) is 0 Å². The Morgan fingerprint density at radius 2 is 1.94 bits per heavy atom. The minimum atomic E-state index is -3.35. The minimum Gasteiger partial charge on any atom is -0.336 e. The zero-order valence-electron chi connectivity index (χ0n) is 8.22. The van der Waals surface area contributed by atoms with Crippen LogP contribution in [0.25, 0.3) is 0 Å². The van der Waals surface area contributed by atoms with Crippen molar-refractivity contribution in [1.82, 2.24) is 9.97 Å². The molecule has 84 valence electrons. The second-order valence-corrected chi connectivity index (χ2v) is 6.43. The highest BCUT2D eigenvalue weighted by molar-refractivity contribution is 14.1. The van der Waals surface area contributed by atoms with Crippen LogP contribution in [0.5, 0.6) is 0 Å². The van der Waals surface area contributed by atoms with E-state index in [-0.39, 0.29) is 10.9 Å². The number of nitrogens with one attached hydrogen (secondary N) is 1. The van der Waals surface area contributed by atoms with Crippen molar-refractivity contribution in [3.63, 3.8) is 0 Å². The number of aromatic amines is 1. The molecule has 1 N–H and O–H groups in total. The number of benzene rings is 1. The molecule has 4 nitrogen and oxygen atoms in total. The number of imidazole rings is 1. The molecule has 0 saturated heterocycles. The number of hydrogen-bond acceptors (Lipinski definition) is 3. The van der Waals surface area contributed by atoms with E-state index in [9.17, 15) is 8.42 Å². The maximum Gasteiger partial charge on any atom is 0.225 e. The Hall–Kier alpha value is -0.890. The van der Waals surface area contributed by atoms with E-state index in [1.54, 1.807) is 0 Å². The Bertz CT molecular complexity index is 561. The zero-order chi connectivity index (χ0) is 11.6. The maximum absolute atomic E-state index is 11.9. The molecule has 0 amide bonds. The highest BCUT2D eigenvalue weighted by atomic mass is 127. The van der Waals surface area contributed by atoms with Crippen LogP contribution in [0.4, 0.5) is 0 Å². The average Bonchev–Trinajstić information content (AvgIpc) is 2.75. The van der Waals surface area contributed by atoms with E-state index >= 15 is 0 Å². The van der Waals surface area contributed by atoms with Gasteiger partial charge in [-0.05, 0) is 40.3 Å². The van der Waals surface area contributed by atoms with Crippen molar-refractivity contribution >= 4 is 32.4 Å². The van der Waals surface area contributed by atoms with Gasteiger partial charge in [-0.25, -0.2) is 13.4 Å². The molecule has 1 aromatic carbocycles. The summed E-state index contributed by atoms with van der Waals surface area (Å²) in [5.41, 5.74) is 0.761. The molecule has 0 unspecified atom stereocenters. The molecule has 6 heteroatoms. The summed E-state index contributed by atoms with van der Waals surface area (Å²) in [5.74, 6) is -0.0303. The topological polar surface area (TPSA) is 62.8 Å². The van der Waals surface area contributed by atoms with Crippen molar-refractivity contribution in [2.45, 2.75) is 10.9 Å². The summed E-state index contributed by atoms with van der Waals surface area (Å²) in [6.45, 7) is 0. The van der Waals surface area contributed by atoms with Crippen LogP contribution >= 0.6 is 22.6 Å². The molecule has 16 heavy (non-hydrogen) atoms. The Kier molecular flexibility index (Phi) is 3.29. The van der Waals surface area contributed by atoms with Gasteiger partial charge in [0.25, 0.3) is 0 Å². The van der Waals surface area contributed by atoms with Gasteiger partial charge in [0.2, 0.25) is 15.0 Å². The second kappa shape index (κ2) is 4.54. The third-order valence-electron chi connectivity index (χ3n) is 2.04. The molecule has 0 aliphatic rings. The van der Waals surface area contributed by atoms with E-state index in [1.165, 1.54) is 12.4 Å². The SMILES string of the molecule is O=S(=O)(Cc1ccc(I)cc1)c1ncc[nH]1. The molecule has 0 spiro atoms. The molecule has 0 radical (unpaired) electrons. The van der Waals surface area contributed by atoms with Gasteiger partial charge in [0.15, 0.2) is 0 Å². The zero-order valence-corrected chi connectivity index (χ0v) is 11.2. The fourth-order valence-electron chi connectivity index (χ4n) is 1.29.